The summed E-state index contributed by atoms with van der Waals surface area (Å²) in [7, 11) is 1.84. The Kier molecular flexibility index (Phi) is 3.44. The zero-order valence-corrected chi connectivity index (χ0v) is 9.98. The van der Waals surface area contributed by atoms with Gasteiger partial charge < -0.3 is 15.8 Å². The molecule has 17 heavy (non-hydrogen) atoms. The lowest BCUT2D eigenvalue weighted by molar-refractivity contribution is -0.129. The van der Waals surface area contributed by atoms with Gasteiger partial charge in [-0.3, -0.25) is 9.48 Å². The van der Waals surface area contributed by atoms with Gasteiger partial charge >= 0.3 is 0 Å². The highest BCUT2D eigenvalue weighted by molar-refractivity contribution is 5.86. The number of ether oxygens (including phenoxy) is 1. The van der Waals surface area contributed by atoms with E-state index in [0.717, 1.165) is 5.69 Å². The van der Waals surface area contributed by atoms with Crippen LogP contribution in [0.4, 0.5) is 0 Å². The maximum Gasteiger partial charge on any atom is 0.240 e. The summed E-state index contributed by atoms with van der Waals surface area (Å²) in [5, 5.41) is 6.89. The molecule has 0 radical (unpaired) electrons. The molecule has 6 nitrogen and oxygen atoms in total. The van der Waals surface area contributed by atoms with E-state index in [0.29, 0.717) is 32.6 Å². The van der Waals surface area contributed by atoms with Crippen LogP contribution in [0, 0.1) is 0 Å². The Hall–Kier alpha value is -1.40. The van der Waals surface area contributed by atoms with Gasteiger partial charge in [0.2, 0.25) is 5.91 Å². The first kappa shape index (κ1) is 12.1. The van der Waals surface area contributed by atoms with E-state index < -0.39 is 5.54 Å². The first-order valence-electron chi connectivity index (χ1n) is 5.74. The maximum absolute atomic E-state index is 12.0. The van der Waals surface area contributed by atoms with Crippen LogP contribution >= 0.6 is 0 Å². The fourth-order valence-electron chi connectivity index (χ4n) is 1.88. The molecule has 0 atom stereocenters. The van der Waals surface area contributed by atoms with Crippen molar-refractivity contribution in [2.75, 3.05) is 13.2 Å². The smallest absolute Gasteiger partial charge is 0.240 e. The van der Waals surface area contributed by atoms with Gasteiger partial charge in [-0.1, -0.05) is 0 Å². The molecule has 1 aromatic rings. The van der Waals surface area contributed by atoms with Crippen molar-refractivity contribution < 1.29 is 9.53 Å². The van der Waals surface area contributed by atoms with E-state index in [4.69, 9.17) is 10.5 Å². The molecule has 0 unspecified atom stereocenters. The number of aryl methyl sites for hydroxylation is 1. The number of carbonyl (C=O) groups excluding carboxylic acids is 1. The summed E-state index contributed by atoms with van der Waals surface area (Å²) >= 11 is 0. The SMILES string of the molecule is Cn1nccc1CNC(=O)C1(N)CCOCC1. The van der Waals surface area contributed by atoms with E-state index in [1.54, 1.807) is 10.9 Å². The third kappa shape index (κ3) is 2.65. The molecular formula is C11H18N4O2. The zero-order valence-electron chi connectivity index (χ0n) is 9.98. The molecule has 1 aromatic heterocycles. The molecule has 2 rings (SSSR count). The number of nitrogens with one attached hydrogen (secondary N) is 1. The Morgan fingerprint density at radius 3 is 2.94 bits per heavy atom. The number of carbonyl (C=O) groups is 1. The number of aromatic nitrogens is 2. The second-order valence-electron chi connectivity index (χ2n) is 4.40. The monoisotopic (exact) mass is 238 g/mol. The average Bonchev–Trinajstić information content (AvgIpc) is 2.73. The lowest BCUT2D eigenvalue weighted by Crippen LogP contribution is -2.56. The number of hydrogen-bond acceptors (Lipinski definition) is 4. The van der Waals surface area contributed by atoms with Crippen molar-refractivity contribution in [3.8, 4) is 0 Å². The van der Waals surface area contributed by atoms with Gasteiger partial charge in [-0.2, -0.15) is 5.10 Å². The molecule has 0 bridgehead atoms. The van der Waals surface area contributed by atoms with Gasteiger partial charge in [0.1, 0.15) is 0 Å². The van der Waals surface area contributed by atoms with Gasteiger partial charge in [0, 0.05) is 26.5 Å². The minimum absolute atomic E-state index is 0.109. The molecule has 1 aliphatic heterocycles. The van der Waals surface area contributed by atoms with Crippen LogP contribution in [0.2, 0.25) is 0 Å². The zero-order chi connectivity index (χ0) is 12.3. The highest BCUT2D eigenvalue weighted by Crippen LogP contribution is 2.17. The Balaban J connectivity index is 1.91. The van der Waals surface area contributed by atoms with Crippen LogP contribution in [0.25, 0.3) is 0 Å². The van der Waals surface area contributed by atoms with Crippen molar-refractivity contribution in [1.29, 1.82) is 0 Å². The molecular weight excluding hydrogens is 220 g/mol. The fourth-order valence-corrected chi connectivity index (χ4v) is 1.88. The predicted molar refractivity (Wildman–Crippen MR) is 62.0 cm³/mol. The van der Waals surface area contributed by atoms with Crippen molar-refractivity contribution in [3.05, 3.63) is 18.0 Å². The van der Waals surface area contributed by atoms with Gasteiger partial charge in [-0.15, -0.1) is 0 Å². The highest BCUT2D eigenvalue weighted by atomic mass is 16.5. The van der Waals surface area contributed by atoms with Crippen LogP contribution in [0.3, 0.4) is 0 Å². The third-order valence-electron chi connectivity index (χ3n) is 3.19. The van der Waals surface area contributed by atoms with Gasteiger partial charge in [-0.25, -0.2) is 0 Å². The van der Waals surface area contributed by atoms with Crippen LogP contribution in [-0.2, 0) is 23.1 Å². The first-order chi connectivity index (χ1) is 8.12. The van der Waals surface area contributed by atoms with Crippen molar-refractivity contribution in [2.24, 2.45) is 12.8 Å². The molecule has 3 N–H and O–H groups in total. The fraction of sp³-hybridized carbons (Fsp3) is 0.636. The number of rotatable bonds is 3. The van der Waals surface area contributed by atoms with Crippen LogP contribution in [0.5, 0.6) is 0 Å². The second kappa shape index (κ2) is 4.85. The molecule has 0 saturated carbocycles. The van der Waals surface area contributed by atoms with Crippen molar-refractivity contribution >= 4 is 5.91 Å². The van der Waals surface area contributed by atoms with Crippen LogP contribution in [-0.4, -0.2) is 34.4 Å². The minimum Gasteiger partial charge on any atom is -0.381 e. The number of nitrogens with zero attached hydrogens (tertiary/aromatic N) is 2. The molecule has 1 saturated heterocycles. The molecule has 1 amide bonds. The number of amides is 1. The summed E-state index contributed by atoms with van der Waals surface area (Å²) in [6, 6.07) is 1.87. The van der Waals surface area contributed by atoms with Crippen molar-refractivity contribution in [1.82, 2.24) is 15.1 Å². The third-order valence-corrected chi connectivity index (χ3v) is 3.19. The molecule has 2 heterocycles. The summed E-state index contributed by atoms with van der Waals surface area (Å²) in [4.78, 5) is 12.0. The normalized spacial score (nSPS) is 18.9. The van der Waals surface area contributed by atoms with Crippen LogP contribution < -0.4 is 11.1 Å². The summed E-state index contributed by atoms with van der Waals surface area (Å²) in [6.45, 7) is 1.56. The Morgan fingerprint density at radius 1 is 1.65 bits per heavy atom. The van der Waals surface area contributed by atoms with E-state index in [1.807, 2.05) is 13.1 Å². The molecule has 94 valence electrons. The topological polar surface area (TPSA) is 82.2 Å². The molecule has 1 aliphatic rings. The van der Waals surface area contributed by atoms with Crippen molar-refractivity contribution in [3.63, 3.8) is 0 Å². The Morgan fingerprint density at radius 2 is 2.35 bits per heavy atom. The molecule has 0 aromatic carbocycles. The van der Waals surface area contributed by atoms with Crippen molar-refractivity contribution in [2.45, 2.75) is 24.9 Å². The van der Waals surface area contributed by atoms with E-state index in [1.165, 1.54) is 0 Å². The Labute approximate surface area is 100 Å². The average molecular weight is 238 g/mol. The maximum atomic E-state index is 12.0. The standard InChI is InChI=1S/C11H18N4O2/c1-15-9(2-5-14-15)8-13-10(16)11(12)3-6-17-7-4-11/h2,5H,3-4,6-8,12H2,1H3,(H,13,16). The molecule has 0 spiro atoms. The molecule has 0 aliphatic carbocycles. The van der Waals surface area contributed by atoms with E-state index in [2.05, 4.69) is 10.4 Å². The summed E-state index contributed by atoms with van der Waals surface area (Å²) in [5.41, 5.74) is 6.24. The van der Waals surface area contributed by atoms with Crippen LogP contribution in [0.15, 0.2) is 12.3 Å². The van der Waals surface area contributed by atoms with Gasteiger partial charge in [0.15, 0.2) is 0 Å². The van der Waals surface area contributed by atoms with Gasteiger partial charge in [0.05, 0.1) is 17.8 Å². The lowest BCUT2D eigenvalue weighted by Gasteiger charge is -2.31. The minimum atomic E-state index is -0.781. The summed E-state index contributed by atoms with van der Waals surface area (Å²) in [5.74, 6) is -0.109. The molecule has 6 heteroatoms. The summed E-state index contributed by atoms with van der Waals surface area (Å²) < 4.78 is 6.94. The number of hydrogen-bond donors (Lipinski definition) is 2. The predicted octanol–water partition coefficient (Wildman–Crippen LogP) is -0.456. The van der Waals surface area contributed by atoms with E-state index in [9.17, 15) is 4.79 Å². The quantitative estimate of drug-likeness (QED) is 0.747. The van der Waals surface area contributed by atoms with Gasteiger partial charge in [0.25, 0.3) is 0 Å². The Bertz CT molecular complexity index is 396. The first-order valence-corrected chi connectivity index (χ1v) is 5.74. The van der Waals surface area contributed by atoms with Crippen LogP contribution in [0.1, 0.15) is 18.5 Å². The molecule has 1 fully saturated rings. The van der Waals surface area contributed by atoms with Gasteiger partial charge in [-0.05, 0) is 18.9 Å². The number of nitrogens with two attached hydrogens (primary N) is 1. The largest absolute Gasteiger partial charge is 0.381 e. The highest BCUT2D eigenvalue weighted by Gasteiger charge is 2.35. The van der Waals surface area contributed by atoms with E-state index in [-0.39, 0.29) is 5.91 Å². The summed E-state index contributed by atoms with van der Waals surface area (Å²) in [6.07, 6.45) is 2.85. The lowest BCUT2D eigenvalue weighted by atomic mass is 9.90. The van der Waals surface area contributed by atoms with E-state index >= 15 is 0 Å². The second-order valence-corrected chi connectivity index (χ2v) is 4.40.